The Hall–Kier alpha value is -4.59. The van der Waals surface area contributed by atoms with Gasteiger partial charge in [0.1, 0.15) is 22.8 Å². The highest BCUT2D eigenvalue weighted by Gasteiger charge is 2.37. The molecule has 52 heavy (non-hydrogen) atoms. The number of amides is 4. The molecule has 1 fully saturated rings. The van der Waals surface area contributed by atoms with Crippen LogP contribution in [0, 0.1) is 0 Å². The zero-order chi connectivity index (χ0) is 37.0. The molecule has 0 spiro atoms. The van der Waals surface area contributed by atoms with Gasteiger partial charge < -0.3 is 14.2 Å². The van der Waals surface area contributed by atoms with Gasteiger partial charge in [0.15, 0.2) is 0 Å². The SMILES string of the molecule is CCCCCCCCCCCCCOc1ccc(-c2ccc(OCCCCCCOc3ccc(C=C4C(=O)N(C)C(=O)N(C)C4=O)cc3)cc2)cc1. The molecule has 3 aromatic carbocycles. The molecule has 0 radical (unpaired) electrons. The number of ether oxygens (including phenoxy) is 3. The molecule has 8 heteroatoms. The van der Waals surface area contributed by atoms with Crippen LogP contribution in [0.3, 0.4) is 0 Å². The number of imide groups is 2. The first-order chi connectivity index (χ1) is 25.4. The quantitative estimate of drug-likeness (QED) is 0.0523. The molecule has 0 atom stereocenters. The van der Waals surface area contributed by atoms with Gasteiger partial charge in [-0.05, 0) is 91.3 Å². The maximum Gasteiger partial charge on any atom is 0.333 e. The lowest BCUT2D eigenvalue weighted by Gasteiger charge is -2.28. The molecule has 0 aromatic heterocycles. The molecule has 3 aromatic rings. The molecule has 1 aliphatic heterocycles. The monoisotopic (exact) mass is 710 g/mol. The summed E-state index contributed by atoms with van der Waals surface area (Å²) in [4.78, 5) is 38.6. The summed E-state index contributed by atoms with van der Waals surface area (Å²) < 4.78 is 17.8. The minimum atomic E-state index is -0.637. The first-order valence-electron chi connectivity index (χ1n) is 19.4. The van der Waals surface area contributed by atoms with Gasteiger partial charge in [-0.25, -0.2) is 4.79 Å². The molecule has 280 valence electrons. The molecule has 0 unspecified atom stereocenters. The topological polar surface area (TPSA) is 85.4 Å². The van der Waals surface area contributed by atoms with E-state index in [1.807, 2.05) is 24.3 Å². The van der Waals surface area contributed by atoms with Crippen LogP contribution >= 0.6 is 0 Å². The van der Waals surface area contributed by atoms with E-state index in [0.29, 0.717) is 18.8 Å². The summed E-state index contributed by atoms with van der Waals surface area (Å²) in [6.45, 7) is 4.33. The van der Waals surface area contributed by atoms with E-state index in [1.54, 1.807) is 12.1 Å². The minimum Gasteiger partial charge on any atom is -0.494 e. The minimum absolute atomic E-state index is 0.0456. The highest BCUT2D eigenvalue weighted by molar-refractivity contribution is 6.30. The van der Waals surface area contributed by atoms with Crippen molar-refractivity contribution in [2.24, 2.45) is 0 Å². The average molecular weight is 711 g/mol. The van der Waals surface area contributed by atoms with Crippen LogP contribution in [0.1, 0.15) is 109 Å². The van der Waals surface area contributed by atoms with Crippen molar-refractivity contribution in [1.29, 1.82) is 0 Å². The molecule has 1 saturated heterocycles. The third-order valence-electron chi connectivity index (χ3n) is 9.47. The Bertz CT molecular complexity index is 1520. The summed E-state index contributed by atoms with van der Waals surface area (Å²) in [5.41, 5.74) is 2.95. The Morgan fingerprint density at radius 1 is 0.462 bits per heavy atom. The predicted molar refractivity (Wildman–Crippen MR) is 209 cm³/mol. The zero-order valence-electron chi connectivity index (χ0n) is 31.6. The van der Waals surface area contributed by atoms with Crippen molar-refractivity contribution in [3.63, 3.8) is 0 Å². The summed E-state index contributed by atoms with van der Waals surface area (Å²) in [6.07, 6.45) is 20.2. The van der Waals surface area contributed by atoms with Crippen LogP contribution in [0.5, 0.6) is 17.2 Å². The lowest BCUT2D eigenvalue weighted by atomic mass is 10.1. The van der Waals surface area contributed by atoms with Gasteiger partial charge in [0, 0.05) is 14.1 Å². The number of barbiturate groups is 1. The van der Waals surface area contributed by atoms with Crippen molar-refractivity contribution in [1.82, 2.24) is 9.80 Å². The van der Waals surface area contributed by atoms with Crippen LogP contribution in [-0.4, -0.2) is 61.6 Å². The molecule has 8 nitrogen and oxygen atoms in total. The third kappa shape index (κ3) is 13.2. The van der Waals surface area contributed by atoms with Crippen LogP contribution in [0.2, 0.25) is 0 Å². The number of urea groups is 1. The Morgan fingerprint density at radius 2 is 0.788 bits per heavy atom. The van der Waals surface area contributed by atoms with Crippen LogP contribution in [0.25, 0.3) is 17.2 Å². The van der Waals surface area contributed by atoms with Crippen molar-refractivity contribution in [2.75, 3.05) is 33.9 Å². The Labute approximate surface area is 311 Å². The van der Waals surface area contributed by atoms with E-state index < -0.39 is 17.8 Å². The van der Waals surface area contributed by atoms with Gasteiger partial charge in [0.2, 0.25) is 0 Å². The molecular weight excluding hydrogens is 652 g/mol. The summed E-state index contributed by atoms with van der Waals surface area (Å²) in [5, 5.41) is 0. The predicted octanol–water partition coefficient (Wildman–Crippen LogP) is 10.5. The van der Waals surface area contributed by atoms with Gasteiger partial charge in [-0.15, -0.1) is 0 Å². The summed E-state index contributed by atoms with van der Waals surface area (Å²) >= 11 is 0. The molecule has 1 heterocycles. The number of hydrogen-bond donors (Lipinski definition) is 0. The Morgan fingerprint density at radius 3 is 1.15 bits per heavy atom. The lowest BCUT2D eigenvalue weighted by molar-refractivity contribution is -0.134. The van der Waals surface area contributed by atoms with Crippen LogP contribution in [0.15, 0.2) is 78.4 Å². The van der Waals surface area contributed by atoms with Crippen molar-refractivity contribution in [3.8, 4) is 28.4 Å². The lowest BCUT2D eigenvalue weighted by Crippen LogP contribution is -2.52. The van der Waals surface area contributed by atoms with Gasteiger partial charge in [-0.2, -0.15) is 0 Å². The van der Waals surface area contributed by atoms with Gasteiger partial charge in [0.05, 0.1) is 19.8 Å². The summed E-state index contributed by atoms with van der Waals surface area (Å²) in [5.74, 6) is 1.32. The van der Waals surface area contributed by atoms with E-state index in [4.69, 9.17) is 14.2 Å². The Kier molecular flexibility index (Phi) is 17.3. The zero-order valence-corrected chi connectivity index (χ0v) is 31.6. The number of benzene rings is 3. The normalized spacial score (nSPS) is 13.1. The molecule has 1 aliphatic rings. The van der Waals surface area contributed by atoms with Crippen molar-refractivity contribution < 1.29 is 28.6 Å². The van der Waals surface area contributed by atoms with Crippen molar-refractivity contribution in [3.05, 3.63) is 83.9 Å². The van der Waals surface area contributed by atoms with E-state index in [0.717, 1.165) is 76.9 Å². The number of likely N-dealkylation sites (N-methyl/N-ethyl adjacent to an activating group) is 2. The Balaban J connectivity index is 1.03. The van der Waals surface area contributed by atoms with Gasteiger partial charge in [-0.1, -0.05) is 108 Å². The fourth-order valence-electron chi connectivity index (χ4n) is 6.18. The molecule has 0 saturated carbocycles. The van der Waals surface area contributed by atoms with E-state index in [1.165, 1.54) is 84.4 Å². The van der Waals surface area contributed by atoms with E-state index in [9.17, 15) is 14.4 Å². The first-order valence-corrected chi connectivity index (χ1v) is 19.4. The largest absolute Gasteiger partial charge is 0.494 e. The van der Waals surface area contributed by atoms with Crippen molar-refractivity contribution >= 4 is 23.9 Å². The maximum atomic E-state index is 12.4. The molecule has 0 bridgehead atoms. The molecule has 4 rings (SSSR count). The van der Waals surface area contributed by atoms with Crippen LogP contribution < -0.4 is 14.2 Å². The number of nitrogens with zero attached hydrogens (tertiary/aromatic N) is 2. The van der Waals surface area contributed by atoms with Crippen LogP contribution in [0.4, 0.5) is 4.79 Å². The van der Waals surface area contributed by atoms with Crippen molar-refractivity contribution in [2.45, 2.75) is 103 Å². The second kappa shape index (κ2) is 22.4. The number of hydrogen-bond acceptors (Lipinski definition) is 6. The third-order valence-corrected chi connectivity index (χ3v) is 9.47. The fraction of sp³-hybridized carbons (Fsp3) is 0.477. The van der Waals surface area contributed by atoms with Gasteiger partial charge in [-0.3, -0.25) is 19.4 Å². The standard InChI is InChI=1S/C44H58N2O6/c1-4-5-6-7-8-9-10-11-12-13-16-31-51-39-27-21-36(22-28-39)37-23-29-40(30-24-37)52-33-18-15-14-17-32-50-38-25-19-35(20-26-38)34-41-42(47)45(2)44(49)46(3)43(41)48/h19-30,34H,4-18,31-33H2,1-3H3. The molecular formula is C44H58N2O6. The highest BCUT2D eigenvalue weighted by atomic mass is 16.5. The number of rotatable bonds is 24. The number of carbonyl (C=O) groups is 3. The molecule has 0 N–H and O–H groups in total. The second-order valence-electron chi connectivity index (χ2n) is 13.7. The fourth-order valence-corrected chi connectivity index (χ4v) is 6.18. The van der Waals surface area contributed by atoms with Gasteiger partial charge in [0.25, 0.3) is 11.8 Å². The highest BCUT2D eigenvalue weighted by Crippen LogP contribution is 2.25. The number of unbranched alkanes of at least 4 members (excludes halogenated alkanes) is 13. The first kappa shape index (κ1) is 40.2. The van der Waals surface area contributed by atoms with E-state index in [2.05, 4.69) is 43.3 Å². The van der Waals surface area contributed by atoms with Gasteiger partial charge >= 0.3 is 6.03 Å². The maximum absolute atomic E-state index is 12.4. The molecule has 4 amide bonds. The summed E-state index contributed by atoms with van der Waals surface area (Å²) in [6, 6.07) is 23.2. The van der Waals surface area contributed by atoms with E-state index >= 15 is 0 Å². The smallest absolute Gasteiger partial charge is 0.333 e. The molecule has 0 aliphatic carbocycles. The van der Waals surface area contributed by atoms with Crippen LogP contribution in [-0.2, 0) is 9.59 Å². The average Bonchev–Trinajstić information content (AvgIpc) is 3.17. The van der Waals surface area contributed by atoms with E-state index in [-0.39, 0.29) is 5.57 Å². The second-order valence-corrected chi connectivity index (χ2v) is 13.7. The number of carbonyl (C=O) groups excluding carboxylic acids is 3. The summed E-state index contributed by atoms with van der Waals surface area (Å²) in [7, 11) is 2.72.